The van der Waals surface area contributed by atoms with Gasteiger partial charge in [0.1, 0.15) is 4.88 Å². The lowest BCUT2D eigenvalue weighted by atomic mass is 9.82. The van der Waals surface area contributed by atoms with Crippen molar-refractivity contribution < 1.29 is 19.4 Å². The number of hydrogen-bond donors (Lipinski definition) is 1. The number of carboxylic acids is 1. The number of carbonyl (C=O) groups is 2. The van der Waals surface area contributed by atoms with E-state index in [-0.39, 0.29) is 17.9 Å². The number of allylic oxidation sites excluding steroid dienone is 2. The molecule has 1 aromatic heterocycles. The first-order valence-electron chi connectivity index (χ1n) is 12.4. The van der Waals surface area contributed by atoms with Gasteiger partial charge in [0.2, 0.25) is 5.91 Å². The van der Waals surface area contributed by atoms with Crippen LogP contribution < -0.4 is 4.90 Å². The summed E-state index contributed by atoms with van der Waals surface area (Å²) >= 11 is 1.33. The van der Waals surface area contributed by atoms with Crippen LogP contribution >= 0.6 is 11.3 Å². The third-order valence-electron chi connectivity index (χ3n) is 6.88. The molecule has 0 radical (unpaired) electrons. The second-order valence-corrected chi connectivity index (χ2v) is 10.5. The number of anilines is 1. The van der Waals surface area contributed by atoms with E-state index >= 15 is 0 Å². The lowest BCUT2D eigenvalue weighted by Crippen LogP contribution is -2.39. The molecule has 178 valence electrons. The van der Waals surface area contributed by atoms with Gasteiger partial charge < -0.3 is 14.7 Å². The van der Waals surface area contributed by atoms with E-state index in [4.69, 9.17) is 4.74 Å². The van der Waals surface area contributed by atoms with Crippen molar-refractivity contribution in [3.8, 4) is 0 Å². The molecule has 1 saturated carbocycles. The molecule has 6 heteroatoms. The molecule has 0 saturated heterocycles. The van der Waals surface area contributed by atoms with Gasteiger partial charge in [0.05, 0.1) is 11.8 Å². The maximum absolute atomic E-state index is 13.7. The average Bonchev–Trinajstić information content (AvgIpc) is 3.23. The molecule has 5 nitrogen and oxygen atoms in total. The summed E-state index contributed by atoms with van der Waals surface area (Å²) in [4.78, 5) is 28.9. The summed E-state index contributed by atoms with van der Waals surface area (Å²) in [6, 6.07) is 1.97. The van der Waals surface area contributed by atoms with Crippen LogP contribution in [0.15, 0.2) is 12.1 Å². The van der Waals surface area contributed by atoms with Gasteiger partial charge in [0, 0.05) is 23.9 Å². The van der Waals surface area contributed by atoms with Crippen LogP contribution in [0.3, 0.4) is 0 Å². The molecule has 0 spiro atoms. The lowest BCUT2D eigenvalue weighted by molar-refractivity contribution is -0.123. The highest BCUT2D eigenvalue weighted by Gasteiger charge is 2.32. The molecule has 2 aliphatic carbocycles. The van der Waals surface area contributed by atoms with Crippen LogP contribution in [0.5, 0.6) is 0 Å². The van der Waals surface area contributed by atoms with E-state index in [0.717, 1.165) is 62.7 Å². The van der Waals surface area contributed by atoms with Crippen LogP contribution in [-0.4, -0.2) is 36.2 Å². The monoisotopic (exact) mass is 461 g/mol. The molecule has 1 fully saturated rings. The lowest BCUT2D eigenvalue weighted by Gasteiger charge is -2.31. The maximum Gasteiger partial charge on any atom is 0.348 e. The zero-order valence-corrected chi connectivity index (χ0v) is 20.7. The Morgan fingerprint density at radius 2 is 2.00 bits per heavy atom. The highest BCUT2D eigenvalue weighted by atomic mass is 32.1. The topological polar surface area (TPSA) is 66.8 Å². The normalized spacial score (nSPS) is 22.3. The predicted octanol–water partition coefficient (Wildman–Crippen LogP) is 6.77. The van der Waals surface area contributed by atoms with Crippen LogP contribution in [0.25, 0.3) is 5.57 Å². The average molecular weight is 462 g/mol. The van der Waals surface area contributed by atoms with Gasteiger partial charge in [-0.05, 0) is 95.6 Å². The van der Waals surface area contributed by atoms with E-state index in [2.05, 4.69) is 19.9 Å². The van der Waals surface area contributed by atoms with Gasteiger partial charge in [0.25, 0.3) is 0 Å². The summed E-state index contributed by atoms with van der Waals surface area (Å²) in [6.07, 6.45) is 12.3. The van der Waals surface area contributed by atoms with Gasteiger partial charge >= 0.3 is 5.97 Å². The number of carbonyl (C=O) groups excluding carboxylic acids is 1. The Hall–Kier alpha value is -1.66. The number of hydrogen-bond acceptors (Lipinski definition) is 4. The Kier molecular flexibility index (Phi) is 9.35. The van der Waals surface area contributed by atoms with E-state index < -0.39 is 5.97 Å². The van der Waals surface area contributed by atoms with Gasteiger partial charge in [0.15, 0.2) is 0 Å². The molecule has 0 bridgehead atoms. The van der Waals surface area contributed by atoms with Crippen LogP contribution in [0.4, 0.5) is 5.69 Å². The first kappa shape index (κ1) is 25.0. The van der Waals surface area contributed by atoms with Crippen molar-refractivity contribution >= 4 is 34.5 Å². The number of carboxylic acid groups (broad SMARTS) is 1. The molecule has 2 aliphatic rings. The Labute approximate surface area is 196 Å². The van der Waals surface area contributed by atoms with Crippen molar-refractivity contribution in [3.05, 3.63) is 21.9 Å². The number of nitrogens with zero attached hydrogens (tertiary/aromatic N) is 1. The summed E-state index contributed by atoms with van der Waals surface area (Å²) in [6.45, 7) is 7.51. The van der Waals surface area contributed by atoms with Crippen molar-refractivity contribution in [2.75, 3.05) is 18.1 Å². The van der Waals surface area contributed by atoms with Crippen molar-refractivity contribution in [2.24, 2.45) is 11.8 Å². The molecular formula is C26H39NO4S. The fourth-order valence-electron chi connectivity index (χ4n) is 4.94. The van der Waals surface area contributed by atoms with E-state index in [1.807, 2.05) is 13.0 Å². The van der Waals surface area contributed by atoms with E-state index in [1.54, 1.807) is 4.90 Å². The van der Waals surface area contributed by atoms with Crippen molar-refractivity contribution in [1.82, 2.24) is 0 Å². The number of rotatable bonds is 10. The number of amides is 1. The molecule has 1 unspecified atom stereocenters. The molecule has 32 heavy (non-hydrogen) atoms. The molecule has 1 atom stereocenters. The summed E-state index contributed by atoms with van der Waals surface area (Å²) < 4.78 is 5.66. The first-order chi connectivity index (χ1) is 15.4. The van der Waals surface area contributed by atoms with Crippen LogP contribution in [0.1, 0.15) is 99.5 Å². The molecule has 1 N–H and O–H groups in total. The molecule has 1 aromatic rings. The maximum atomic E-state index is 13.7. The number of ether oxygens (including phenoxy) is 1. The van der Waals surface area contributed by atoms with Gasteiger partial charge in [-0.1, -0.05) is 13.0 Å². The Morgan fingerprint density at radius 1 is 1.25 bits per heavy atom. The second-order valence-electron chi connectivity index (χ2n) is 9.46. The molecule has 1 amide bonds. The van der Waals surface area contributed by atoms with Gasteiger partial charge in [-0.25, -0.2) is 4.79 Å². The number of thiophene rings is 1. The summed E-state index contributed by atoms with van der Waals surface area (Å²) in [5, 5.41) is 9.97. The minimum atomic E-state index is -0.939. The fourth-order valence-corrected chi connectivity index (χ4v) is 6.00. The Morgan fingerprint density at radius 3 is 2.62 bits per heavy atom. The fraction of sp³-hybridized carbons (Fsp3) is 0.692. The van der Waals surface area contributed by atoms with Crippen LogP contribution in [0, 0.1) is 11.8 Å². The minimum absolute atomic E-state index is 0.00518. The van der Waals surface area contributed by atoms with E-state index in [1.165, 1.54) is 23.3 Å². The summed E-state index contributed by atoms with van der Waals surface area (Å²) in [5.74, 6) is -0.176. The second kappa shape index (κ2) is 12.0. The SMILES string of the molecule is CCOC(C)CCCN(C(=O)C1CCC(C)CC1)c1cc(C2=CCCCC2)sc1C(=O)O. The summed E-state index contributed by atoms with van der Waals surface area (Å²) in [5.41, 5.74) is 1.83. The standard InChI is InChI=1S/C26H39NO4S/c1-4-31-19(3)9-8-16-27(25(28)21-14-12-18(2)13-15-21)22-17-23(32-24(22)26(29)30)20-10-6-5-7-11-20/h10,17-19,21H,4-9,11-16H2,1-3H3,(H,29,30). The van der Waals surface area contributed by atoms with Crippen LogP contribution in [-0.2, 0) is 9.53 Å². The minimum Gasteiger partial charge on any atom is -0.477 e. The highest BCUT2D eigenvalue weighted by Crippen LogP contribution is 2.39. The van der Waals surface area contributed by atoms with Gasteiger partial charge in [-0.3, -0.25) is 4.79 Å². The largest absolute Gasteiger partial charge is 0.477 e. The predicted molar refractivity (Wildman–Crippen MR) is 132 cm³/mol. The quantitative estimate of drug-likeness (QED) is 0.417. The van der Waals surface area contributed by atoms with Crippen molar-refractivity contribution in [1.29, 1.82) is 0 Å². The zero-order valence-electron chi connectivity index (χ0n) is 19.9. The van der Waals surface area contributed by atoms with Gasteiger partial charge in [-0.15, -0.1) is 11.3 Å². The summed E-state index contributed by atoms with van der Waals surface area (Å²) in [7, 11) is 0. The highest BCUT2D eigenvalue weighted by molar-refractivity contribution is 7.15. The molecule has 1 heterocycles. The number of aromatic carboxylic acids is 1. The third kappa shape index (κ3) is 6.44. The van der Waals surface area contributed by atoms with Crippen molar-refractivity contribution in [3.63, 3.8) is 0 Å². The Bertz CT molecular complexity index is 807. The Balaban J connectivity index is 1.87. The first-order valence-corrected chi connectivity index (χ1v) is 13.2. The van der Waals surface area contributed by atoms with Crippen molar-refractivity contribution in [2.45, 2.75) is 91.1 Å². The molecule has 3 rings (SSSR count). The smallest absolute Gasteiger partial charge is 0.348 e. The molecule has 0 aromatic carbocycles. The van der Waals surface area contributed by atoms with E-state index in [9.17, 15) is 14.7 Å². The third-order valence-corrected chi connectivity index (χ3v) is 8.07. The molecular weight excluding hydrogens is 422 g/mol. The zero-order chi connectivity index (χ0) is 23.1. The van der Waals surface area contributed by atoms with Crippen LogP contribution in [0.2, 0.25) is 0 Å². The van der Waals surface area contributed by atoms with E-state index in [0.29, 0.717) is 29.6 Å². The van der Waals surface area contributed by atoms with Gasteiger partial charge in [-0.2, -0.15) is 0 Å². The molecule has 0 aliphatic heterocycles.